The van der Waals surface area contributed by atoms with Crippen molar-refractivity contribution in [3.63, 3.8) is 0 Å². The quantitative estimate of drug-likeness (QED) is 0.778. The van der Waals surface area contributed by atoms with E-state index in [2.05, 4.69) is 5.32 Å². The van der Waals surface area contributed by atoms with E-state index >= 15 is 0 Å². The number of hydrogen-bond donors (Lipinski definition) is 1. The van der Waals surface area contributed by atoms with Gasteiger partial charge < -0.3 is 14.8 Å². The number of amides is 1. The van der Waals surface area contributed by atoms with Crippen LogP contribution < -0.4 is 14.8 Å². The average molecular weight is 437 g/mol. The van der Waals surface area contributed by atoms with Crippen LogP contribution in [0.1, 0.15) is 35.2 Å². The summed E-state index contributed by atoms with van der Waals surface area (Å²) in [4.78, 5) is 12.7. The number of halogens is 1. The van der Waals surface area contributed by atoms with Gasteiger partial charge in [0, 0.05) is 25.2 Å². The van der Waals surface area contributed by atoms with E-state index < -0.39 is 10.0 Å². The van der Waals surface area contributed by atoms with Gasteiger partial charge in [0.15, 0.2) is 11.5 Å². The summed E-state index contributed by atoms with van der Waals surface area (Å²) in [6, 6.07) is 9.70. The van der Waals surface area contributed by atoms with Gasteiger partial charge in [-0.2, -0.15) is 4.31 Å². The second-order valence-corrected chi connectivity index (χ2v) is 9.33. The number of rotatable bonds is 5. The SMILES string of the molecule is O=C(NCc1ccc(S(=O)(=O)N2CCCCC2)cc1)c1cc(Cl)c2c(c1)OCO2. The number of benzene rings is 2. The van der Waals surface area contributed by atoms with Gasteiger partial charge in [0.25, 0.3) is 5.91 Å². The highest BCUT2D eigenvalue weighted by atomic mass is 35.5. The van der Waals surface area contributed by atoms with E-state index in [1.807, 2.05) is 0 Å². The molecule has 2 heterocycles. The molecule has 0 aromatic heterocycles. The van der Waals surface area contributed by atoms with Crippen molar-refractivity contribution in [3.05, 3.63) is 52.5 Å². The minimum atomic E-state index is -3.46. The minimum absolute atomic E-state index is 0.0762. The predicted octanol–water partition coefficient (Wildman–Crippen LogP) is 3.17. The lowest BCUT2D eigenvalue weighted by Crippen LogP contribution is -2.35. The summed E-state index contributed by atoms with van der Waals surface area (Å²) in [5.41, 5.74) is 1.16. The van der Waals surface area contributed by atoms with Gasteiger partial charge in [0.05, 0.1) is 9.92 Å². The standard InChI is InChI=1S/C20H21ClN2O5S/c21-17-10-15(11-18-19(17)28-13-27-18)20(24)22-12-14-4-6-16(7-5-14)29(25,26)23-8-2-1-3-9-23/h4-7,10-11H,1-3,8-9,12-13H2,(H,22,24). The van der Waals surface area contributed by atoms with Gasteiger partial charge in [-0.15, -0.1) is 0 Å². The molecule has 7 nitrogen and oxygen atoms in total. The maximum absolute atomic E-state index is 12.7. The second-order valence-electron chi connectivity index (χ2n) is 6.98. The number of nitrogens with one attached hydrogen (secondary N) is 1. The van der Waals surface area contributed by atoms with Crippen molar-refractivity contribution in [2.75, 3.05) is 19.9 Å². The van der Waals surface area contributed by atoms with Crippen LogP contribution >= 0.6 is 11.6 Å². The van der Waals surface area contributed by atoms with E-state index in [1.54, 1.807) is 30.3 Å². The molecule has 4 rings (SSSR count). The number of ether oxygens (including phenoxy) is 2. The normalized spacial score (nSPS) is 16.6. The van der Waals surface area contributed by atoms with Crippen LogP contribution in [0.2, 0.25) is 5.02 Å². The molecular weight excluding hydrogens is 416 g/mol. The van der Waals surface area contributed by atoms with Crippen LogP contribution in [-0.4, -0.2) is 38.5 Å². The zero-order chi connectivity index (χ0) is 20.4. The fourth-order valence-corrected chi connectivity index (χ4v) is 5.20. The van der Waals surface area contributed by atoms with Gasteiger partial charge >= 0.3 is 0 Å². The van der Waals surface area contributed by atoms with Crippen molar-refractivity contribution < 1.29 is 22.7 Å². The number of hydrogen-bond acceptors (Lipinski definition) is 5. The summed E-state index contributed by atoms with van der Waals surface area (Å²) >= 11 is 6.11. The zero-order valence-corrected chi connectivity index (χ0v) is 17.3. The van der Waals surface area contributed by atoms with Crippen LogP contribution in [0.15, 0.2) is 41.3 Å². The first-order chi connectivity index (χ1) is 13.9. The van der Waals surface area contributed by atoms with Gasteiger partial charge in [-0.05, 0) is 42.7 Å². The molecule has 0 saturated carbocycles. The predicted molar refractivity (Wildman–Crippen MR) is 108 cm³/mol. The van der Waals surface area contributed by atoms with Crippen molar-refractivity contribution in [1.82, 2.24) is 9.62 Å². The third-order valence-corrected chi connectivity index (χ3v) is 7.21. The molecule has 0 bridgehead atoms. The molecule has 0 spiro atoms. The van der Waals surface area contributed by atoms with E-state index in [0.717, 1.165) is 24.8 Å². The number of carbonyl (C=O) groups excluding carboxylic acids is 1. The van der Waals surface area contributed by atoms with Crippen molar-refractivity contribution in [2.45, 2.75) is 30.7 Å². The maximum atomic E-state index is 12.7. The van der Waals surface area contributed by atoms with E-state index in [-0.39, 0.29) is 24.1 Å². The van der Waals surface area contributed by atoms with E-state index in [1.165, 1.54) is 10.4 Å². The summed E-state index contributed by atoms with van der Waals surface area (Å²) in [5, 5.41) is 3.12. The molecule has 2 aromatic rings. The topological polar surface area (TPSA) is 84.9 Å². The van der Waals surface area contributed by atoms with Crippen LogP contribution in [0.5, 0.6) is 11.5 Å². The van der Waals surface area contributed by atoms with Crippen molar-refractivity contribution >= 4 is 27.5 Å². The average Bonchev–Trinajstić information content (AvgIpc) is 3.22. The zero-order valence-electron chi connectivity index (χ0n) is 15.7. The highest BCUT2D eigenvalue weighted by Crippen LogP contribution is 2.39. The first-order valence-electron chi connectivity index (χ1n) is 9.41. The third-order valence-electron chi connectivity index (χ3n) is 5.02. The van der Waals surface area contributed by atoms with Gasteiger partial charge in [0.2, 0.25) is 16.8 Å². The van der Waals surface area contributed by atoms with E-state index in [0.29, 0.717) is 35.2 Å². The molecule has 2 aliphatic rings. The highest BCUT2D eigenvalue weighted by Gasteiger charge is 2.25. The number of nitrogens with zero attached hydrogens (tertiary/aromatic N) is 1. The monoisotopic (exact) mass is 436 g/mol. The number of sulfonamides is 1. The van der Waals surface area contributed by atoms with Crippen molar-refractivity contribution in [3.8, 4) is 11.5 Å². The summed E-state index contributed by atoms with van der Waals surface area (Å²) in [5.74, 6) is 0.568. The Morgan fingerprint density at radius 2 is 1.79 bits per heavy atom. The fourth-order valence-electron chi connectivity index (χ4n) is 3.42. The first kappa shape index (κ1) is 20.0. The molecule has 2 aromatic carbocycles. The molecule has 1 saturated heterocycles. The lowest BCUT2D eigenvalue weighted by atomic mass is 10.1. The summed E-state index contributed by atoms with van der Waals surface area (Å²) < 4.78 is 37.4. The Balaban J connectivity index is 1.40. The molecule has 29 heavy (non-hydrogen) atoms. The molecule has 0 radical (unpaired) electrons. The molecule has 0 aliphatic carbocycles. The number of fused-ring (bicyclic) bond motifs is 1. The molecule has 1 N–H and O–H groups in total. The van der Waals surface area contributed by atoms with Crippen LogP contribution in [0.3, 0.4) is 0 Å². The summed E-state index contributed by atoms with van der Waals surface area (Å²) in [6.45, 7) is 1.47. The van der Waals surface area contributed by atoms with Crippen LogP contribution in [0.25, 0.3) is 0 Å². The molecule has 154 valence electrons. The molecule has 1 amide bonds. The second kappa shape index (κ2) is 8.22. The molecular formula is C20H21ClN2O5S. The van der Waals surface area contributed by atoms with Gasteiger partial charge in [-0.1, -0.05) is 30.2 Å². The summed E-state index contributed by atoms with van der Waals surface area (Å²) in [7, 11) is -3.46. The van der Waals surface area contributed by atoms with Crippen molar-refractivity contribution in [2.24, 2.45) is 0 Å². The van der Waals surface area contributed by atoms with E-state index in [4.69, 9.17) is 21.1 Å². The Bertz CT molecular complexity index is 1020. The lowest BCUT2D eigenvalue weighted by molar-refractivity contribution is 0.0950. The highest BCUT2D eigenvalue weighted by molar-refractivity contribution is 7.89. The minimum Gasteiger partial charge on any atom is -0.454 e. The Hall–Kier alpha value is -2.29. The molecule has 2 aliphatic heterocycles. The van der Waals surface area contributed by atoms with Gasteiger partial charge in [-0.3, -0.25) is 4.79 Å². The molecule has 0 atom stereocenters. The Morgan fingerprint density at radius 1 is 1.07 bits per heavy atom. The van der Waals surface area contributed by atoms with Gasteiger partial charge in [0.1, 0.15) is 0 Å². The molecule has 0 unspecified atom stereocenters. The van der Waals surface area contributed by atoms with Crippen molar-refractivity contribution in [1.29, 1.82) is 0 Å². The smallest absolute Gasteiger partial charge is 0.251 e. The third kappa shape index (κ3) is 4.19. The Labute approximate surface area is 174 Å². The lowest BCUT2D eigenvalue weighted by Gasteiger charge is -2.25. The van der Waals surface area contributed by atoms with Crippen LogP contribution in [-0.2, 0) is 16.6 Å². The number of carbonyl (C=O) groups is 1. The molecule has 9 heteroatoms. The summed E-state index contributed by atoms with van der Waals surface area (Å²) in [6.07, 6.45) is 2.86. The Kier molecular flexibility index (Phi) is 5.67. The molecule has 1 fully saturated rings. The van der Waals surface area contributed by atoms with Crippen LogP contribution in [0.4, 0.5) is 0 Å². The Morgan fingerprint density at radius 3 is 2.52 bits per heavy atom. The fraction of sp³-hybridized carbons (Fsp3) is 0.350. The first-order valence-corrected chi connectivity index (χ1v) is 11.2. The van der Waals surface area contributed by atoms with Crippen LogP contribution in [0, 0.1) is 0 Å². The van der Waals surface area contributed by atoms with E-state index in [9.17, 15) is 13.2 Å². The number of piperidine rings is 1. The largest absolute Gasteiger partial charge is 0.454 e. The van der Waals surface area contributed by atoms with Gasteiger partial charge in [-0.25, -0.2) is 8.42 Å². The maximum Gasteiger partial charge on any atom is 0.251 e.